The topological polar surface area (TPSA) is 64.3 Å². The van der Waals surface area contributed by atoms with Crippen molar-refractivity contribution in [2.24, 2.45) is 5.73 Å². The molecule has 0 aliphatic carbocycles. The van der Waals surface area contributed by atoms with Crippen LogP contribution in [0.5, 0.6) is 0 Å². The second-order valence-electron chi connectivity index (χ2n) is 3.22. The third-order valence-corrected chi connectivity index (χ3v) is 0.813. The van der Waals surface area contributed by atoms with Crippen molar-refractivity contribution in [2.75, 3.05) is 13.1 Å². The molecule has 0 aliphatic rings. The summed E-state index contributed by atoms with van der Waals surface area (Å²) in [6, 6.07) is 0. The van der Waals surface area contributed by atoms with Gasteiger partial charge in [-0.3, -0.25) is 0 Å². The third-order valence-electron chi connectivity index (χ3n) is 0.813. The van der Waals surface area contributed by atoms with Gasteiger partial charge in [0.05, 0.1) is 0 Å². The molecule has 0 radical (unpaired) electrons. The molecule has 11 heavy (non-hydrogen) atoms. The lowest BCUT2D eigenvalue weighted by Gasteiger charge is -2.19. The maximum atomic E-state index is 10.8. The minimum Gasteiger partial charge on any atom is -0.444 e. The van der Waals surface area contributed by atoms with E-state index in [1.165, 1.54) is 0 Å². The highest BCUT2D eigenvalue weighted by Gasteiger charge is 2.14. The Hall–Kier alpha value is -0.770. The van der Waals surface area contributed by atoms with Gasteiger partial charge in [-0.1, -0.05) is 0 Å². The lowest BCUT2D eigenvalue weighted by molar-refractivity contribution is 0.0529. The zero-order chi connectivity index (χ0) is 8.91. The van der Waals surface area contributed by atoms with Gasteiger partial charge in [0.2, 0.25) is 0 Å². The molecule has 0 bridgehead atoms. The molecule has 0 aromatic rings. The molecule has 0 aromatic carbocycles. The number of hydrogen-bond donors (Lipinski definition) is 2. The molecule has 0 rings (SSSR count). The van der Waals surface area contributed by atoms with E-state index in [0.717, 1.165) is 0 Å². The zero-order valence-corrected chi connectivity index (χ0v) is 7.31. The molecule has 0 spiro atoms. The Morgan fingerprint density at radius 1 is 1.64 bits per heavy atom. The highest BCUT2D eigenvalue weighted by molar-refractivity contribution is 5.67. The molecule has 0 fully saturated rings. The lowest BCUT2D eigenvalue weighted by atomic mass is 10.2. The van der Waals surface area contributed by atoms with Gasteiger partial charge >= 0.3 is 6.09 Å². The maximum Gasteiger partial charge on any atom is 0.407 e. The van der Waals surface area contributed by atoms with E-state index in [-0.39, 0.29) is 2.85 Å². The van der Waals surface area contributed by atoms with Crippen LogP contribution in [-0.2, 0) is 4.74 Å². The number of hydrogen-bond acceptors (Lipinski definition) is 3. The molecule has 0 aliphatic heterocycles. The Kier molecular flexibility index (Phi) is 3.89. The smallest absolute Gasteiger partial charge is 0.407 e. The van der Waals surface area contributed by atoms with Gasteiger partial charge in [-0.2, -0.15) is 0 Å². The molecule has 0 saturated carbocycles. The minimum atomic E-state index is -0.432. The Labute approximate surface area is 70.1 Å². The van der Waals surface area contributed by atoms with Crippen molar-refractivity contribution in [1.29, 1.82) is 0 Å². The van der Waals surface area contributed by atoms with Gasteiger partial charge in [0.15, 0.2) is 0 Å². The molecule has 4 nitrogen and oxygen atoms in total. The van der Waals surface area contributed by atoms with Crippen LogP contribution in [0.4, 0.5) is 4.79 Å². The van der Waals surface area contributed by atoms with E-state index in [1.807, 2.05) is 20.8 Å². The molecule has 0 aromatic heterocycles. The van der Waals surface area contributed by atoms with Crippen molar-refractivity contribution >= 4 is 6.09 Å². The lowest BCUT2D eigenvalue weighted by Crippen LogP contribution is -2.35. The summed E-state index contributed by atoms with van der Waals surface area (Å²) < 4.78 is 4.93. The summed E-state index contributed by atoms with van der Waals surface area (Å²) in [6.07, 6.45) is -0.414. The molecule has 0 saturated heterocycles. The largest absolute Gasteiger partial charge is 0.444 e. The number of amides is 1. The van der Waals surface area contributed by atoms with Crippen LogP contribution in [0.2, 0.25) is 0 Å². The van der Waals surface area contributed by atoms with E-state index in [9.17, 15) is 4.79 Å². The van der Waals surface area contributed by atoms with Crippen molar-refractivity contribution in [3.8, 4) is 0 Å². The molecule has 0 heterocycles. The van der Waals surface area contributed by atoms with E-state index < -0.39 is 11.7 Å². The van der Waals surface area contributed by atoms with E-state index >= 15 is 0 Å². The predicted octanol–water partition coefficient (Wildman–Crippen LogP) is 0.962. The molecule has 0 atom stereocenters. The van der Waals surface area contributed by atoms with Gasteiger partial charge in [-0.05, 0) is 20.8 Å². The Bertz CT molecular complexity index is 137. The third kappa shape index (κ3) is 7.12. The maximum absolute atomic E-state index is 10.8. The number of carbonyl (C=O) groups is 1. The standard InChI is InChI=1S/C7H16N2O2.2H2/c1-7(2,3)11-6(10)9-5-4-8;;/h4-5,8H2,1-3H3,(H,9,10);2*1H. The molecule has 70 valence electrons. The van der Waals surface area contributed by atoms with Crippen LogP contribution < -0.4 is 11.1 Å². The van der Waals surface area contributed by atoms with Crippen LogP contribution in [0.3, 0.4) is 0 Å². The van der Waals surface area contributed by atoms with Crippen LogP contribution in [0.15, 0.2) is 0 Å². The summed E-state index contributed by atoms with van der Waals surface area (Å²) in [5.74, 6) is 0. The van der Waals surface area contributed by atoms with Gasteiger partial charge in [0, 0.05) is 15.9 Å². The number of alkyl carbamates (subject to hydrolysis) is 1. The molecule has 0 unspecified atom stereocenters. The molecule has 1 amide bonds. The fraction of sp³-hybridized carbons (Fsp3) is 0.857. The fourth-order valence-electron chi connectivity index (χ4n) is 0.488. The average Bonchev–Trinajstić information content (AvgIpc) is 1.79. The fourth-order valence-corrected chi connectivity index (χ4v) is 0.488. The Balaban J connectivity index is -0.000000500. The molecular weight excluding hydrogens is 144 g/mol. The predicted molar refractivity (Wildman–Crippen MR) is 47.5 cm³/mol. The number of nitrogens with one attached hydrogen (secondary N) is 1. The van der Waals surface area contributed by atoms with Gasteiger partial charge in [0.1, 0.15) is 5.60 Å². The summed E-state index contributed by atoms with van der Waals surface area (Å²) in [6.45, 7) is 6.33. The van der Waals surface area contributed by atoms with Crippen molar-refractivity contribution < 1.29 is 12.4 Å². The van der Waals surface area contributed by atoms with E-state index in [2.05, 4.69) is 5.32 Å². The number of rotatable bonds is 2. The monoisotopic (exact) mass is 164 g/mol. The molecule has 4 heteroatoms. The first-order valence-electron chi connectivity index (χ1n) is 3.62. The first-order valence-corrected chi connectivity index (χ1v) is 3.62. The van der Waals surface area contributed by atoms with E-state index in [1.54, 1.807) is 0 Å². The first kappa shape index (κ1) is 10.2. The van der Waals surface area contributed by atoms with Crippen molar-refractivity contribution in [3.05, 3.63) is 0 Å². The quantitative estimate of drug-likeness (QED) is 0.639. The number of nitrogens with two attached hydrogens (primary N) is 1. The van der Waals surface area contributed by atoms with E-state index in [4.69, 9.17) is 10.5 Å². The number of ether oxygens (including phenoxy) is 1. The minimum absolute atomic E-state index is 0. The van der Waals surface area contributed by atoms with Crippen LogP contribution in [0.25, 0.3) is 0 Å². The SMILES string of the molecule is CC(C)(C)OC(=O)NCCN.[HH].[HH]. The van der Waals surface area contributed by atoms with Crippen LogP contribution >= 0.6 is 0 Å². The summed E-state index contributed by atoms with van der Waals surface area (Å²) in [7, 11) is 0. The van der Waals surface area contributed by atoms with Crippen LogP contribution in [0.1, 0.15) is 23.6 Å². The Morgan fingerprint density at radius 2 is 2.18 bits per heavy atom. The summed E-state index contributed by atoms with van der Waals surface area (Å²) >= 11 is 0. The van der Waals surface area contributed by atoms with Crippen molar-refractivity contribution in [1.82, 2.24) is 5.32 Å². The highest BCUT2D eigenvalue weighted by Crippen LogP contribution is 2.05. The van der Waals surface area contributed by atoms with Crippen molar-refractivity contribution in [2.45, 2.75) is 26.4 Å². The summed E-state index contributed by atoms with van der Waals surface area (Å²) in [5, 5.41) is 2.50. The molecule has 3 N–H and O–H groups in total. The van der Waals surface area contributed by atoms with E-state index in [0.29, 0.717) is 13.1 Å². The highest BCUT2D eigenvalue weighted by atomic mass is 16.6. The molecular formula is C7H20N2O2. The summed E-state index contributed by atoms with van der Waals surface area (Å²) in [4.78, 5) is 10.8. The van der Waals surface area contributed by atoms with Gasteiger partial charge in [-0.15, -0.1) is 0 Å². The first-order chi connectivity index (χ1) is 4.95. The number of carbonyl (C=O) groups excluding carboxylic acids is 1. The van der Waals surface area contributed by atoms with Gasteiger partial charge < -0.3 is 15.8 Å². The average molecular weight is 164 g/mol. The second kappa shape index (κ2) is 4.18. The second-order valence-corrected chi connectivity index (χ2v) is 3.22. The van der Waals surface area contributed by atoms with Gasteiger partial charge in [0.25, 0.3) is 0 Å². The van der Waals surface area contributed by atoms with Crippen LogP contribution in [-0.4, -0.2) is 24.8 Å². The zero-order valence-electron chi connectivity index (χ0n) is 7.31. The Morgan fingerprint density at radius 3 is 2.55 bits per heavy atom. The normalized spacial score (nSPS) is 10.9. The van der Waals surface area contributed by atoms with Crippen molar-refractivity contribution in [3.63, 3.8) is 0 Å². The van der Waals surface area contributed by atoms with Gasteiger partial charge in [-0.25, -0.2) is 4.79 Å². The summed E-state index contributed by atoms with van der Waals surface area (Å²) in [5.41, 5.74) is 4.74. The van der Waals surface area contributed by atoms with Crippen LogP contribution in [0, 0.1) is 0 Å².